The van der Waals surface area contributed by atoms with Crippen LogP contribution in [0, 0.1) is 3.57 Å². The van der Waals surface area contributed by atoms with Crippen molar-refractivity contribution in [3.8, 4) is 11.3 Å². The minimum Gasteiger partial charge on any atom is -0.460 e. The Morgan fingerprint density at radius 2 is 2.00 bits per heavy atom. The first-order valence-electron chi connectivity index (χ1n) is 5.90. The van der Waals surface area contributed by atoms with Crippen molar-refractivity contribution in [3.63, 3.8) is 0 Å². The van der Waals surface area contributed by atoms with Gasteiger partial charge < -0.3 is 9.73 Å². The summed E-state index contributed by atoms with van der Waals surface area (Å²) in [5, 5.41) is 3.46. The summed E-state index contributed by atoms with van der Waals surface area (Å²) >= 11 is 2.34. The fourth-order valence-corrected chi connectivity index (χ4v) is 2.46. The van der Waals surface area contributed by atoms with Crippen LogP contribution in [0.3, 0.4) is 0 Å². The van der Waals surface area contributed by atoms with E-state index in [1.165, 1.54) is 22.0 Å². The van der Waals surface area contributed by atoms with Gasteiger partial charge in [0.25, 0.3) is 0 Å². The Morgan fingerprint density at radius 3 is 2.76 bits per heavy atom. The fraction of sp³-hybridized carbons (Fsp3) is 0.286. The smallest absolute Gasteiger partial charge is 0.135 e. The summed E-state index contributed by atoms with van der Waals surface area (Å²) in [6.07, 6.45) is 2.62. The molecule has 2 aromatic rings. The Morgan fingerprint density at radius 1 is 1.18 bits per heavy atom. The van der Waals surface area contributed by atoms with Crippen LogP contribution in [0.15, 0.2) is 40.8 Å². The lowest BCUT2D eigenvalue weighted by Gasteiger charge is -2.01. The van der Waals surface area contributed by atoms with Crippen LogP contribution < -0.4 is 5.32 Å². The Kier molecular flexibility index (Phi) is 3.20. The molecule has 0 spiro atoms. The summed E-state index contributed by atoms with van der Waals surface area (Å²) in [7, 11) is 0. The van der Waals surface area contributed by atoms with Crippen molar-refractivity contribution < 1.29 is 4.42 Å². The van der Waals surface area contributed by atoms with Gasteiger partial charge in [-0.2, -0.15) is 0 Å². The lowest BCUT2D eigenvalue weighted by atomic mass is 10.2. The van der Waals surface area contributed by atoms with Crippen LogP contribution in [-0.2, 0) is 6.54 Å². The van der Waals surface area contributed by atoms with E-state index in [2.05, 4.69) is 52.2 Å². The van der Waals surface area contributed by atoms with Crippen molar-refractivity contribution in [1.82, 2.24) is 5.32 Å². The second kappa shape index (κ2) is 4.82. The van der Waals surface area contributed by atoms with Gasteiger partial charge in [-0.25, -0.2) is 0 Å². The zero-order valence-corrected chi connectivity index (χ0v) is 11.6. The first kappa shape index (κ1) is 11.3. The molecule has 17 heavy (non-hydrogen) atoms. The fourth-order valence-electron chi connectivity index (χ4n) is 1.81. The third-order valence-corrected chi connectivity index (χ3v) is 3.88. The Balaban J connectivity index is 1.77. The maximum atomic E-state index is 5.86. The normalized spacial score (nSPS) is 15.1. The van der Waals surface area contributed by atoms with Crippen molar-refractivity contribution in [2.45, 2.75) is 25.4 Å². The van der Waals surface area contributed by atoms with E-state index in [0.29, 0.717) is 0 Å². The second-order valence-corrected chi connectivity index (χ2v) is 5.56. The highest BCUT2D eigenvalue weighted by Gasteiger charge is 2.20. The summed E-state index contributed by atoms with van der Waals surface area (Å²) in [6, 6.07) is 13.1. The van der Waals surface area contributed by atoms with E-state index in [1.807, 2.05) is 12.1 Å². The topological polar surface area (TPSA) is 25.2 Å². The molecule has 3 rings (SSSR count). The maximum absolute atomic E-state index is 5.86. The van der Waals surface area contributed by atoms with Gasteiger partial charge in [-0.1, -0.05) is 18.2 Å². The van der Waals surface area contributed by atoms with E-state index in [1.54, 1.807) is 0 Å². The Labute approximate surface area is 115 Å². The van der Waals surface area contributed by atoms with Gasteiger partial charge in [0.15, 0.2) is 0 Å². The number of furan rings is 1. The zero-order chi connectivity index (χ0) is 11.7. The predicted molar refractivity (Wildman–Crippen MR) is 76.7 cm³/mol. The third-order valence-electron chi connectivity index (χ3n) is 2.94. The van der Waals surface area contributed by atoms with Crippen LogP contribution in [0.25, 0.3) is 11.3 Å². The molecule has 1 heterocycles. The molecular formula is C14H14INO. The number of hydrogen-bond donors (Lipinski definition) is 1. The molecule has 2 nitrogen and oxygen atoms in total. The highest BCUT2D eigenvalue weighted by Crippen LogP contribution is 2.27. The molecule has 0 atom stereocenters. The van der Waals surface area contributed by atoms with E-state index in [4.69, 9.17) is 4.42 Å². The molecule has 1 fully saturated rings. The first-order chi connectivity index (χ1) is 8.33. The average Bonchev–Trinajstić information content (AvgIpc) is 3.06. The number of halogens is 1. The van der Waals surface area contributed by atoms with E-state index in [-0.39, 0.29) is 0 Å². The largest absolute Gasteiger partial charge is 0.460 e. The highest BCUT2D eigenvalue weighted by molar-refractivity contribution is 14.1. The first-order valence-corrected chi connectivity index (χ1v) is 6.98. The summed E-state index contributed by atoms with van der Waals surface area (Å²) in [6.45, 7) is 0.841. The highest BCUT2D eigenvalue weighted by atomic mass is 127. The molecule has 1 saturated carbocycles. The van der Waals surface area contributed by atoms with Crippen molar-refractivity contribution >= 4 is 22.6 Å². The molecule has 88 valence electrons. The number of hydrogen-bond acceptors (Lipinski definition) is 2. The maximum Gasteiger partial charge on any atom is 0.135 e. The molecule has 0 saturated heterocycles. The number of nitrogens with one attached hydrogen (secondary N) is 1. The second-order valence-electron chi connectivity index (χ2n) is 4.40. The molecule has 0 unspecified atom stereocenters. The van der Waals surface area contributed by atoms with Crippen LogP contribution in [0.4, 0.5) is 0 Å². The van der Waals surface area contributed by atoms with Gasteiger partial charge in [-0.3, -0.25) is 0 Å². The van der Waals surface area contributed by atoms with Gasteiger partial charge in [0, 0.05) is 15.2 Å². The quantitative estimate of drug-likeness (QED) is 0.857. The standard InChI is InChI=1S/C14H14INO/c15-13-4-2-1-3-12(13)14-8-7-11(17-14)9-16-10-5-6-10/h1-4,7-8,10,16H,5-6,9H2. The van der Waals surface area contributed by atoms with Gasteiger partial charge in [-0.15, -0.1) is 0 Å². The Hall–Kier alpha value is -0.810. The lowest BCUT2D eigenvalue weighted by molar-refractivity contribution is 0.492. The molecule has 1 aromatic carbocycles. The lowest BCUT2D eigenvalue weighted by Crippen LogP contribution is -2.14. The van der Waals surface area contributed by atoms with E-state index in [0.717, 1.165) is 24.1 Å². The molecule has 1 aromatic heterocycles. The molecule has 1 aliphatic rings. The van der Waals surface area contributed by atoms with Crippen molar-refractivity contribution in [1.29, 1.82) is 0 Å². The Bertz CT molecular complexity index is 516. The van der Waals surface area contributed by atoms with E-state index in [9.17, 15) is 0 Å². The minimum atomic E-state index is 0.723. The molecule has 3 heteroatoms. The average molecular weight is 339 g/mol. The van der Waals surface area contributed by atoms with Gasteiger partial charge in [0.05, 0.1) is 6.54 Å². The van der Waals surface area contributed by atoms with E-state index < -0.39 is 0 Å². The molecule has 0 radical (unpaired) electrons. The summed E-state index contributed by atoms with van der Waals surface area (Å²) in [5.74, 6) is 1.98. The van der Waals surface area contributed by atoms with Crippen LogP contribution in [0.2, 0.25) is 0 Å². The van der Waals surface area contributed by atoms with Crippen LogP contribution >= 0.6 is 22.6 Å². The summed E-state index contributed by atoms with van der Waals surface area (Å²) in [5.41, 5.74) is 1.17. The molecule has 0 bridgehead atoms. The molecule has 1 N–H and O–H groups in total. The monoisotopic (exact) mass is 339 g/mol. The van der Waals surface area contributed by atoms with Gasteiger partial charge in [0.1, 0.15) is 11.5 Å². The van der Waals surface area contributed by atoms with Crippen LogP contribution in [0.1, 0.15) is 18.6 Å². The van der Waals surface area contributed by atoms with Crippen LogP contribution in [0.5, 0.6) is 0 Å². The summed E-state index contributed by atoms with van der Waals surface area (Å²) in [4.78, 5) is 0. The van der Waals surface area contributed by atoms with Gasteiger partial charge in [-0.05, 0) is 53.6 Å². The molecule has 1 aliphatic carbocycles. The number of rotatable bonds is 4. The van der Waals surface area contributed by atoms with Crippen molar-refractivity contribution in [2.75, 3.05) is 0 Å². The van der Waals surface area contributed by atoms with Gasteiger partial charge in [0.2, 0.25) is 0 Å². The summed E-state index contributed by atoms with van der Waals surface area (Å²) < 4.78 is 7.08. The van der Waals surface area contributed by atoms with Crippen LogP contribution in [-0.4, -0.2) is 6.04 Å². The molecule has 0 aliphatic heterocycles. The number of benzene rings is 1. The molecular weight excluding hydrogens is 325 g/mol. The molecule has 0 amide bonds. The zero-order valence-electron chi connectivity index (χ0n) is 9.45. The van der Waals surface area contributed by atoms with Crippen molar-refractivity contribution in [2.24, 2.45) is 0 Å². The minimum absolute atomic E-state index is 0.723. The van der Waals surface area contributed by atoms with Crippen molar-refractivity contribution in [3.05, 3.63) is 45.7 Å². The predicted octanol–water partition coefficient (Wildman–Crippen LogP) is 3.80. The van der Waals surface area contributed by atoms with E-state index >= 15 is 0 Å². The SMILES string of the molecule is Ic1ccccc1-c1ccc(CNC2CC2)o1. The van der Waals surface area contributed by atoms with Gasteiger partial charge >= 0.3 is 0 Å². The third kappa shape index (κ3) is 2.72.